The fourth-order valence-electron chi connectivity index (χ4n) is 1.82. The molecule has 1 aromatic rings. The van der Waals surface area contributed by atoms with Gasteiger partial charge in [0.2, 0.25) is 11.8 Å². The van der Waals surface area contributed by atoms with Crippen molar-refractivity contribution < 1.29 is 19.5 Å². The third-order valence-corrected chi connectivity index (χ3v) is 3.50. The Labute approximate surface area is 102 Å². The van der Waals surface area contributed by atoms with Crippen LogP contribution < -0.4 is 4.90 Å². The largest absolute Gasteiger partial charge is 0.477 e. The van der Waals surface area contributed by atoms with E-state index in [2.05, 4.69) is 0 Å². The van der Waals surface area contributed by atoms with E-state index in [9.17, 15) is 14.4 Å². The van der Waals surface area contributed by atoms with Crippen LogP contribution >= 0.6 is 11.3 Å². The molecule has 0 aromatic carbocycles. The highest BCUT2D eigenvalue weighted by Gasteiger charge is 2.29. The van der Waals surface area contributed by atoms with Crippen LogP contribution in [0, 0.1) is 0 Å². The van der Waals surface area contributed by atoms with Crippen molar-refractivity contribution in [1.82, 2.24) is 0 Å². The molecule has 17 heavy (non-hydrogen) atoms. The molecule has 1 N–H and O–H groups in total. The minimum atomic E-state index is -1.11. The van der Waals surface area contributed by atoms with Gasteiger partial charge in [-0.25, -0.2) is 9.69 Å². The molecule has 0 spiro atoms. The number of hydrogen-bond acceptors (Lipinski definition) is 4. The smallest absolute Gasteiger partial charge is 0.348 e. The van der Waals surface area contributed by atoms with Crippen LogP contribution in [0.15, 0.2) is 11.4 Å². The molecule has 0 unspecified atom stereocenters. The number of aromatic carboxylic acids is 1. The summed E-state index contributed by atoms with van der Waals surface area (Å²) in [6.45, 7) is 0. The third-order valence-electron chi connectivity index (χ3n) is 2.61. The maximum Gasteiger partial charge on any atom is 0.348 e. The van der Waals surface area contributed by atoms with Crippen LogP contribution in [0.3, 0.4) is 0 Å². The van der Waals surface area contributed by atoms with Crippen LogP contribution in [-0.4, -0.2) is 22.9 Å². The molecular formula is C11H11NO4S. The second kappa shape index (κ2) is 4.67. The Balaban J connectivity index is 2.42. The van der Waals surface area contributed by atoms with Gasteiger partial charge in [0.1, 0.15) is 4.88 Å². The number of rotatable bonds is 2. The number of carboxylic acid groups (broad SMARTS) is 1. The van der Waals surface area contributed by atoms with Gasteiger partial charge in [0.15, 0.2) is 0 Å². The summed E-state index contributed by atoms with van der Waals surface area (Å²) in [4.78, 5) is 35.7. The van der Waals surface area contributed by atoms with E-state index in [-0.39, 0.29) is 22.4 Å². The average molecular weight is 253 g/mol. The first-order valence-corrected chi connectivity index (χ1v) is 6.16. The fraction of sp³-hybridized carbons (Fsp3) is 0.364. The van der Waals surface area contributed by atoms with Crippen molar-refractivity contribution in [2.75, 3.05) is 4.90 Å². The Bertz CT molecular complexity index is 462. The first-order chi connectivity index (χ1) is 8.11. The predicted octanol–water partition coefficient (Wildman–Crippen LogP) is 1.88. The van der Waals surface area contributed by atoms with Gasteiger partial charge in [-0.05, 0) is 24.3 Å². The molecule has 1 aliphatic rings. The topological polar surface area (TPSA) is 74.7 Å². The molecule has 0 atom stereocenters. The van der Waals surface area contributed by atoms with Gasteiger partial charge >= 0.3 is 5.97 Å². The van der Waals surface area contributed by atoms with Crippen molar-refractivity contribution in [1.29, 1.82) is 0 Å². The summed E-state index contributed by atoms with van der Waals surface area (Å²) < 4.78 is 0. The molecule has 6 heteroatoms. The lowest BCUT2D eigenvalue weighted by Gasteiger charge is -2.17. The Kier molecular flexibility index (Phi) is 3.23. The highest BCUT2D eigenvalue weighted by Crippen LogP contribution is 2.29. The Morgan fingerprint density at radius 2 is 1.82 bits per heavy atom. The number of imide groups is 1. The van der Waals surface area contributed by atoms with Gasteiger partial charge in [-0.3, -0.25) is 9.59 Å². The van der Waals surface area contributed by atoms with E-state index in [1.165, 1.54) is 6.07 Å². The van der Waals surface area contributed by atoms with Gasteiger partial charge in [-0.1, -0.05) is 0 Å². The van der Waals surface area contributed by atoms with E-state index < -0.39 is 5.97 Å². The number of nitrogens with zero attached hydrogens (tertiary/aromatic N) is 1. The van der Waals surface area contributed by atoms with Crippen molar-refractivity contribution >= 4 is 34.8 Å². The summed E-state index contributed by atoms with van der Waals surface area (Å²) in [6.07, 6.45) is 1.93. The summed E-state index contributed by atoms with van der Waals surface area (Å²) in [5, 5.41) is 10.6. The van der Waals surface area contributed by atoms with Crippen molar-refractivity contribution in [3.63, 3.8) is 0 Å². The van der Waals surface area contributed by atoms with Gasteiger partial charge in [0.25, 0.3) is 0 Å². The van der Waals surface area contributed by atoms with Gasteiger partial charge in [-0.2, -0.15) is 0 Å². The molecule has 1 fully saturated rings. The molecule has 0 radical (unpaired) electrons. The van der Waals surface area contributed by atoms with Crippen LogP contribution in [-0.2, 0) is 9.59 Å². The number of hydrogen-bond donors (Lipinski definition) is 1. The zero-order valence-corrected chi connectivity index (χ0v) is 9.83. The highest BCUT2D eigenvalue weighted by atomic mass is 32.1. The summed E-state index contributed by atoms with van der Waals surface area (Å²) in [5.41, 5.74) is 0.208. The Morgan fingerprint density at radius 3 is 2.35 bits per heavy atom. The minimum Gasteiger partial charge on any atom is -0.477 e. The molecule has 1 saturated heterocycles. The number of carboxylic acids is 1. The third kappa shape index (κ3) is 2.21. The lowest BCUT2D eigenvalue weighted by atomic mass is 10.2. The quantitative estimate of drug-likeness (QED) is 0.816. The lowest BCUT2D eigenvalue weighted by Crippen LogP contribution is -2.35. The number of anilines is 1. The highest BCUT2D eigenvalue weighted by molar-refractivity contribution is 7.12. The van der Waals surface area contributed by atoms with Crippen LogP contribution in [0.2, 0.25) is 0 Å². The van der Waals surface area contributed by atoms with E-state index in [0.29, 0.717) is 25.7 Å². The van der Waals surface area contributed by atoms with Crippen molar-refractivity contribution in [3.8, 4) is 0 Å². The predicted molar refractivity (Wildman–Crippen MR) is 62.2 cm³/mol. The zero-order chi connectivity index (χ0) is 12.4. The van der Waals surface area contributed by atoms with E-state index >= 15 is 0 Å². The fourth-order valence-corrected chi connectivity index (χ4v) is 2.54. The van der Waals surface area contributed by atoms with Crippen LogP contribution in [0.5, 0.6) is 0 Å². The number of carbonyl (C=O) groups is 3. The summed E-state index contributed by atoms with van der Waals surface area (Å²) in [6, 6.07) is 1.51. The van der Waals surface area contributed by atoms with Gasteiger partial charge in [0, 0.05) is 12.8 Å². The van der Waals surface area contributed by atoms with Crippen molar-refractivity contribution in [2.24, 2.45) is 0 Å². The van der Waals surface area contributed by atoms with Crippen LogP contribution in [0.1, 0.15) is 35.4 Å². The molecule has 2 heterocycles. The Hall–Kier alpha value is -1.69. The molecule has 0 bridgehead atoms. The SMILES string of the molecule is O=C(O)c1sccc1N1C(=O)CCCCC1=O. The van der Waals surface area contributed by atoms with Crippen molar-refractivity contribution in [2.45, 2.75) is 25.7 Å². The minimum absolute atomic E-state index is 0.0357. The molecule has 2 rings (SSSR count). The molecule has 90 valence electrons. The second-order valence-electron chi connectivity index (χ2n) is 3.77. The molecule has 5 nitrogen and oxygen atoms in total. The molecule has 1 aromatic heterocycles. The Morgan fingerprint density at radius 1 is 1.24 bits per heavy atom. The zero-order valence-electron chi connectivity index (χ0n) is 9.01. The first kappa shape index (κ1) is 11.8. The summed E-state index contributed by atoms with van der Waals surface area (Å²) in [5.74, 6) is -1.73. The van der Waals surface area contributed by atoms with E-state index in [0.717, 1.165) is 16.2 Å². The summed E-state index contributed by atoms with van der Waals surface area (Å²) >= 11 is 1.02. The molecule has 1 aliphatic heterocycles. The van der Waals surface area contributed by atoms with Gasteiger partial charge < -0.3 is 5.11 Å². The first-order valence-electron chi connectivity index (χ1n) is 5.28. The van der Waals surface area contributed by atoms with Gasteiger partial charge in [-0.15, -0.1) is 11.3 Å². The maximum atomic E-state index is 11.8. The average Bonchev–Trinajstić information content (AvgIpc) is 2.67. The van der Waals surface area contributed by atoms with Crippen molar-refractivity contribution in [3.05, 3.63) is 16.3 Å². The van der Waals surface area contributed by atoms with E-state index in [1.54, 1.807) is 5.38 Å². The summed E-state index contributed by atoms with van der Waals surface area (Å²) in [7, 11) is 0. The number of amides is 2. The maximum absolute atomic E-state index is 11.8. The lowest BCUT2D eigenvalue weighted by molar-refractivity contribution is -0.125. The second-order valence-corrected chi connectivity index (χ2v) is 4.69. The molecule has 2 amide bonds. The van der Waals surface area contributed by atoms with Gasteiger partial charge in [0.05, 0.1) is 5.69 Å². The normalized spacial score (nSPS) is 17.1. The monoisotopic (exact) mass is 253 g/mol. The molecular weight excluding hydrogens is 242 g/mol. The van der Waals surface area contributed by atoms with E-state index in [1.807, 2.05) is 0 Å². The van der Waals surface area contributed by atoms with E-state index in [4.69, 9.17) is 5.11 Å². The van der Waals surface area contributed by atoms with Crippen LogP contribution in [0.4, 0.5) is 5.69 Å². The molecule has 0 saturated carbocycles. The number of thiophene rings is 1. The number of carbonyl (C=O) groups excluding carboxylic acids is 2. The standard InChI is InChI=1S/C11H11NO4S/c13-8-3-1-2-4-9(14)12(8)7-5-6-17-10(7)11(15)16/h5-6H,1-4H2,(H,15,16). The molecule has 0 aliphatic carbocycles. The van der Waals surface area contributed by atoms with Crippen LogP contribution in [0.25, 0.3) is 0 Å².